The minimum absolute atomic E-state index is 0.113. The highest BCUT2D eigenvalue weighted by Gasteiger charge is 2.22. The van der Waals surface area contributed by atoms with Crippen LogP contribution in [-0.4, -0.2) is 34.4 Å². The van der Waals surface area contributed by atoms with Gasteiger partial charge < -0.3 is 15.4 Å². The topological polar surface area (TPSA) is 93.2 Å². The predicted molar refractivity (Wildman–Crippen MR) is 108 cm³/mol. The normalized spacial score (nSPS) is 15.0. The van der Waals surface area contributed by atoms with Crippen LogP contribution in [0.3, 0.4) is 0 Å². The average molecular weight is 388 g/mol. The number of anilines is 1. The smallest absolute Gasteiger partial charge is 0.274 e. The second kappa shape index (κ2) is 8.10. The maximum Gasteiger partial charge on any atom is 0.274 e. The number of aromatic nitrogens is 2. The van der Waals surface area contributed by atoms with Crippen LogP contribution in [0.25, 0.3) is 0 Å². The molecule has 0 fully saturated rings. The molecule has 0 saturated heterocycles. The van der Waals surface area contributed by atoms with Crippen molar-refractivity contribution in [1.29, 1.82) is 0 Å². The fourth-order valence-corrected chi connectivity index (χ4v) is 3.20. The summed E-state index contributed by atoms with van der Waals surface area (Å²) in [5, 5.41) is 5.81. The van der Waals surface area contributed by atoms with E-state index in [9.17, 15) is 9.59 Å². The number of para-hydroxylation sites is 1. The second-order valence-electron chi connectivity index (χ2n) is 6.87. The van der Waals surface area contributed by atoms with Gasteiger partial charge in [-0.3, -0.25) is 9.59 Å². The van der Waals surface area contributed by atoms with Crippen molar-refractivity contribution in [3.63, 3.8) is 0 Å². The Morgan fingerprint density at radius 2 is 1.97 bits per heavy atom. The Kier molecular flexibility index (Phi) is 5.20. The molecule has 1 aromatic heterocycles. The van der Waals surface area contributed by atoms with Gasteiger partial charge in [0, 0.05) is 17.4 Å². The zero-order chi connectivity index (χ0) is 20.2. The molecule has 7 heteroatoms. The molecule has 2 amide bonds. The van der Waals surface area contributed by atoms with E-state index in [1.165, 1.54) is 18.6 Å². The summed E-state index contributed by atoms with van der Waals surface area (Å²) in [6.07, 6.45) is 3.53. The van der Waals surface area contributed by atoms with Gasteiger partial charge in [0.05, 0.1) is 6.04 Å². The maximum absolute atomic E-state index is 12.7. The van der Waals surface area contributed by atoms with E-state index in [2.05, 4.69) is 20.6 Å². The molecule has 29 heavy (non-hydrogen) atoms. The molecule has 0 bridgehead atoms. The van der Waals surface area contributed by atoms with E-state index in [1.54, 1.807) is 18.2 Å². The largest absolute Gasteiger partial charge is 0.491 e. The molecule has 2 aromatic carbocycles. The fourth-order valence-electron chi connectivity index (χ4n) is 3.20. The van der Waals surface area contributed by atoms with Crippen LogP contribution < -0.4 is 15.4 Å². The number of carbonyl (C=O) groups excluding carboxylic acids is 2. The molecule has 1 aliphatic heterocycles. The van der Waals surface area contributed by atoms with Crippen molar-refractivity contribution in [2.24, 2.45) is 0 Å². The molecule has 2 heterocycles. The molecule has 3 aromatic rings. The lowest BCUT2D eigenvalue weighted by Gasteiger charge is -2.26. The third kappa shape index (κ3) is 4.24. The number of nitrogens with zero attached hydrogens (tertiary/aromatic N) is 2. The van der Waals surface area contributed by atoms with E-state index in [0.717, 1.165) is 16.9 Å². The molecule has 4 rings (SSSR count). The van der Waals surface area contributed by atoms with E-state index < -0.39 is 0 Å². The first kappa shape index (κ1) is 18.6. The first-order valence-electron chi connectivity index (χ1n) is 9.30. The van der Waals surface area contributed by atoms with E-state index in [0.29, 0.717) is 24.3 Å². The molecule has 1 unspecified atom stereocenters. The Hall–Kier alpha value is -3.74. The Balaban J connectivity index is 1.46. The lowest BCUT2D eigenvalue weighted by molar-refractivity contribution is 0.0914. The van der Waals surface area contributed by atoms with Crippen molar-refractivity contribution in [3.05, 3.63) is 83.4 Å². The number of fused-ring (bicyclic) bond motifs is 1. The van der Waals surface area contributed by atoms with Crippen LogP contribution in [0.2, 0.25) is 0 Å². The number of benzene rings is 2. The summed E-state index contributed by atoms with van der Waals surface area (Å²) in [6, 6.07) is 14.4. The van der Waals surface area contributed by atoms with Crippen LogP contribution in [0.5, 0.6) is 5.75 Å². The molecule has 2 N–H and O–H groups in total. The van der Waals surface area contributed by atoms with Gasteiger partial charge in [-0.05, 0) is 48.7 Å². The number of nitrogens with one attached hydrogen (secondary N) is 2. The van der Waals surface area contributed by atoms with Gasteiger partial charge in [0.1, 0.15) is 24.4 Å². The first-order chi connectivity index (χ1) is 14.1. The number of hydrogen-bond acceptors (Lipinski definition) is 5. The van der Waals surface area contributed by atoms with Gasteiger partial charge in [0.25, 0.3) is 11.8 Å². The average Bonchev–Trinajstić information content (AvgIpc) is 2.75. The van der Waals surface area contributed by atoms with Crippen LogP contribution >= 0.6 is 0 Å². The molecule has 7 nitrogen and oxygen atoms in total. The highest BCUT2D eigenvalue weighted by atomic mass is 16.5. The van der Waals surface area contributed by atoms with E-state index in [-0.39, 0.29) is 23.6 Å². The van der Waals surface area contributed by atoms with Crippen LogP contribution in [-0.2, 0) is 6.42 Å². The molecular formula is C22H20N4O3. The summed E-state index contributed by atoms with van der Waals surface area (Å²) >= 11 is 0. The van der Waals surface area contributed by atoms with Crippen LogP contribution in [0.4, 0.5) is 5.69 Å². The van der Waals surface area contributed by atoms with Crippen molar-refractivity contribution in [3.8, 4) is 5.75 Å². The summed E-state index contributed by atoms with van der Waals surface area (Å²) in [6.45, 7) is 2.29. The SMILES string of the molecule is Cc1ccc(C(=O)NC2COc3ccccc3C2)cc1NC(=O)c1ccncn1. The number of hydrogen-bond donors (Lipinski definition) is 2. The van der Waals surface area contributed by atoms with Gasteiger partial charge in [0.15, 0.2) is 0 Å². The van der Waals surface area contributed by atoms with E-state index in [4.69, 9.17) is 4.74 Å². The van der Waals surface area contributed by atoms with Gasteiger partial charge in [-0.25, -0.2) is 9.97 Å². The molecule has 1 atom stereocenters. The predicted octanol–water partition coefficient (Wildman–Crippen LogP) is 2.77. The zero-order valence-electron chi connectivity index (χ0n) is 15.9. The molecule has 0 aliphatic carbocycles. The highest BCUT2D eigenvalue weighted by molar-refractivity contribution is 6.04. The van der Waals surface area contributed by atoms with Crippen LogP contribution in [0, 0.1) is 6.92 Å². The highest BCUT2D eigenvalue weighted by Crippen LogP contribution is 2.24. The third-order valence-corrected chi connectivity index (χ3v) is 4.78. The standard InChI is InChI=1S/C22H20N4O3/c1-14-6-7-16(11-19(14)26-22(28)18-8-9-23-13-24-18)21(27)25-17-10-15-4-2-3-5-20(15)29-12-17/h2-9,11,13,17H,10,12H2,1H3,(H,25,27)(H,26,28). The lowest BCUT2D eigenvalue weighted by atomic mass is 10.0. The summed E-state index contributed by atoms with van der Waals surface area (Å²) in [5.74, 6) is 0.295. The third-order valence-electron chi connectivity index (χ3n) is 4.78. The summed E-state index contributed by atoms with van der Waals surface area (Å²) in [4.78, 5) is 32.9. The number of amides is 2. The van der Waals surface area contributed by atoms with Gasteiger partial charge in [-0.1, -0.05) is 24.3 Å². The van der Waals surface area contributed by atoms with Gasteiger partial charge in [-0.15, -0.1) is 0 Å². The minimum Gasteiger partial charge on any atom is -0.491 e. The second-order valence-corrected chi connectivity index (χ2v) is 6.87. The van der Waals surface area contributed by atoms with Gasteiger partial charge in [0.2, 0.25) is 0 Å². The van der Waals surface area contributed by atoms with Gasteiger partial charge >= 0.3 is 0 Å². The summed E-state index contributed by atoms with van der Waals surface area (Å²) < 4.78 is 5.73. The molecule has 1 aliphatic rings. The van der Waals surface area contributed by atoms with Crippen LogP contribution in [0.1, 0.15) is 32.0 Å². The number of ether oxygens (including phenoxy) is 1. The molecular weight excluding hydrogens is 368 g/mol. The van der Waals surface area contributed by atoms with E-state index >= 15 is 0 Å². The van der Waals surface area contributed by atoms with E-state index in [1.807, 2.05) is 31.2 Å². The zero-order valence-corrected chi connectivity index (χ0v) is 15.9. The van der Waals surface area contributed by atoms with Crippen molar-refractivity contribution in [2.45, 2.75) is 19.4 Å². The first-order valence-corrected chi connectivity index (χ1v) is 9.30. The Labute approximate surface area is 168 Å². The molecule has 0 saturated carbocycles. The number of carbonyl (C=O) groups is 2. The Morgan fingerprint density at radius 1 is 1.10 bits per heavy atom. The van der Waals surface area contributed by atoms with Crippen molar-refractivity contribution < 1.29 is 14.3 Å². The van der Waals surface area contributed by atoms with Gasteiger partial charge in [-0.2, -0.15) is 0 Å². The van der Waals surface area contributed by atoms with Crippen molar-refractivity contribution >= 4 is 17.5 Å². The van der Waals surface area contributed by atoms with Crippen molar-refractivity contribution in [1.82, 2.24) is 15.3 Å². The summed E-state index contributed by atoms with van der Waals surface area (Å²) in [5.41, 5.74) is 3.20. The maximum atomic E-state index is 12.7. The van der Waals surface area contributed by atoms with Crippen LogP contribution in [0.15, 0.2) is 61.1 Å². The Morgan fingerprint density at radius 3 is 2.79 bits per heavy atom. The summed E-state index contributed by atoms with van der Waals surface area (Å²) in [7, 11) is 0. The Bertz CT molecular complexity index is 1050. The lowest BCUT2D eigenvalue weighted by Crippen LogP contribution is -2.42. The molecule has 0 spiro atoms. The fraction of sp³-hybridized carbons (Fsp3) is 0.182. The number of rotatable bonds is 4. The molecule has 146 valence electrons. The van der Waals surface area contributed by atoms with Crippen molar-refractivity contribution in [2.75, 3.05) is 11.9 Å². The molecule has 0 radical (unpaired) electrons. The number of aryl methyl sites for hydroxylation is 1. The quantitative estimate of drug-likeness (QED) is 0.717. The minimum atomic E-state index is -0.356. The monoisotopic (exact) mass is 388 g/mol.